The number of nitrogens with one attached hydrogen (secondary N) is 1. The topological polar surface area (TPSA) is 49.4 Å². The van der Waals surface area contributed by atoms with Crippen LogP contribution in [0, 0.1) is 0 Å². The van der Waals surface area contributed by atoms with Crippen molar-refractivity contribution < 1.29 is 8.42 Å². The lowest BCUT2D eigenvalue weighted by Gasteiger charge is -2.31. The van der Waals surface area contributed by atoms with Crippen LogP contribution in [0.5, 0.6) is 0 Å². The molecule has 0 aliphatic carbocycles. The first-order valence-corrected chi connectivity index (χ1v) is 6.65. The monoisotopic (exact) mass is 276 g/mol. The first-order valence-electron chi connectivity index (χ1n) is 4.82. The van der Waals surface area contributed by atoms with Crippen molar-refractivity contribution in [1.82, 2.24) is 10.2 Å². The molecular formula is C8H18Cl2N2O2S. The highest BCUT2D eigenvalue weighted by Gasteiger charge is 2.28. The molecule has 0 saturated carbocycles. The molecule has 0 aromatic carbocycles. The quantitative estimate of drug-likeness (QED) is 0.728. The Morgan fingerprint density at radius 3 is 2.20 bits per heavy atom. The Hall–Kier alpha value is 0.450. The molecule has 2 fully saturated rings. The average Bonchev–Trinajstić information content (AvgIpc) is 2.56. The molecule has 4 nitrogen and oxygen atoms in total. The maximum atomic E-state index is 11.2. The summed E-state index contributed by atoms with van der Waals surface area (Å²) < 4.78 is 22.3. The van der Waals surface area contributed by atoms with Crippen LogP contribution in [-0.4, -0.2) is 57.0 Å². The molecule has 2 aliphatic heterocycles. The van der Waals surface area contributed by atoms with Crippen LogP contribution in [0.1, 0.15) is 6.42 Å². The van der Waals surface area contributed by atoms with Crippen molar-refractivity contribution in [2.75, 3.05) is 37.7 Å². The molecule has 0 radical (unpaired) electrons. The molecule has 2 aliphatic rings. The van der Waals surface area contributed by atoms with Crippen LogP contribution in [0.15, 0.2) is 0 Å². The van der Waals surface area contributed by atoms with Crippen molar-refractivity contribution in [2.24, 2.45) is 0 Å². The van der Waals surface area contributed by atoms with Gasteiger partial charge in [-0.1, -0.05) is 0 Å². The standard InChI is InChI=1S/C8H16N2O2S.2ClH/c11-13(12)5-3-10(4-6-13)8-1-2-9-7-8;;/h8-9H,1-7H2;2*1H/t8-;;/m1../s1. The number of rotatable bonds is 1. The van der Waals surface area contributed by atoms with Crippen LogP contribution in [0.3, 0.4) is 0 Å². The normalized spacial score (nSPS) is 30.3. The van der Waals surface area contributed by atoms with Gasteiger partial charge in [-0.15, -0.1) is 24.8 Å². The zero-order valence-electron chi connectivity index (χ0n) is 8.52. The van der Waals surface area contributed by atoms with Gasteiger partial charge < -0.3 is 5.32 Å². The van der Waals surface area contributed by atoms with Gasteiger partial charge in [0.1, 0.15) is 0 Å². The van der Waals surface area contributed by atoms with Gasteiger partial charge >= 0.3 is 0 Å². The zero-order valence-corrected chi connectivity index (χ0v) is 11.0. The number of hydrogen-bond acceptors (Lipinski definition) is 4. The largest absolute Gasteiger partial charge is 0.315 e. The number of sulfone groups is 1. The predicted octanol–water partition coefficient (Wildman–Crippen LogP) is -0.0777. The highest BCUT2D eigenvalue weighted by Crippen LogP contribution is 2.12. The second-order valence-electron chi connectivity index (χ2n) is 3.83. The summed E-state index contributed by atoms with van der Waals surface area (Å²) in [7, 11) is -2.71. The van der Waals surface area contributed by atoms with E-state index in [0.29, 0.717) is 17.5 Å². The summed E-state index contributed by atoms with van der Waals surface area (Å²) in [5, 5.41) is 3.30. The fourth-order valence-corrected chi connectivity index (χ4v) is 3.27. The van der Waals surface area contributed by atoms with Gasteiger partial charge in [-0.05, 0) is 13.0 Å². The van der Waals surface area contributed by atoms with E-state index in [4.69, 9.17) is 0 Å². The lowest BCUT2D eigenvalue weighted by molar-refractivity contribution is 0.225. The molecule has 2 saturated heterocycles. The van der Waals surface area contributed by atoms with E-state index in [1.54, 1.807) is 0 Å². The minimum atomic E-state index is -2.71. The van der Waals surface area contributed by atoms with Crippen LogP contribution >= 0.6 is 24.8 Å². The van der Waals surface area contributed by atoms with Gasteiger partial charge in [-0.2, -0.15) is 0 Å². The molecule has 0 spiro atoms. The van der Waals surface area contributed by atoms with E-state index in [1.165, 1.54) is 6.42 Å². The fourth-order valence-electron chi connectivity index (χ4n) is 2.04. The van der Waals surface area contributed by atoms with Crippen molar-refractivity contribution in [3.63, 3.8) is 0 Å². The third-order valence-corrected chi connectivity index (χ3v) is 4.54. The zero-order chi connectivity index (χ0) is 9.31. The molecule has 0 aromatic rings. The Balaban J connectivity index is 0.000000980. The maximum Gasteiger partial charge on any atom is 0.152 e. The number of nitrogens with zero attached hydrogens (tertiary/aromatic N) is 1. The molecule has 0 aromatic heterocycles. The van der Waals surface area contributed by atoms with Crippen molar-refractivity contribution in [3.05, 3.63) is 0 Å². The van der Waals surface area contributed by atoms with Crippen LogP contribution in [0.25, 0.3) is 0 Å². The number of hydrogen-bond donors (Lipinski definition) is 1. The third kappa shape index (κ3) is 4.07. The fraction of sp³-hybridized carbons (Fsp3) is 1.00. The Kier molecular flexibility index (Phi) is 6.44. The summed E-state index contributed by atoms with van der Waals surface area (Å²) in [6.45, 7) is 3.57. The molecule has 2 heterocycles. The minimum absolute atomic E-state index is 0. The van der Waals surface area contributed by atoms with Crippen LogP contribution in [0.4, 0.5) is 0 Å². The molecule has 92 valence electrons. The highest BCUT2D eigenvalue weighted by molar-refractivity contribution is 7.91. The lowest BCUT2D eigenvalue weighted by atomic mass is 10.2. The second-order valence-corrected chi connectivity index (χ2v) is 6.14. The summed E-state index contributed by atoms with van der Waals surface area (Å²) in [5.74, 6) is 0.701. The van der Waals surface area contributed by atoms with Gasteiger partial charge in [0.05, 0.1) is 11.5 Å². The maximum absolute atomic E-state index is 11.2. The Bertz CT molecular complexity index is 264. The van der Waals surface area contributed by atoms with E-state index in [2.05, 4.69) is 10.2 Å². The van der Waals surface area contributed by atoms with E-state index >= 15 is 0 Å². The third-order valence-electron chi connectivity index (χ3n) is 2.93. The molecule has 0 bridgehead atoms. The average molecular weight is 277 g/mol. The van der Waals surface area contributed by atoms with Crippen LogP contribution in [0.2, 0.25) is 0 Å². The van der Waals surface area contributed by atoms with Crippen molar-refractivity contribution in [3.8, 4) is 0 Å². The summed E-state index contributed by atoms with van der Waals surface area (Å²) in [5.41, 5.74) is 0. The van der Waals surface area contributed by atoms with E-state index in [1.807, 2.05) is 0 Å². The van der Waals surface area contributed by atoms with Gasteiger partial charge in [-0.25, -0.2) is 8.42 Å². The minimum Gasteiger partial charge on any atom is -0.315 e. The first kappa shape index (κ1) is 15.4. The summed E-state index contributed by atoms with van der Waals surface area (Å²) in [6.07, 6.45) is 1.17. The lowest BCUT2D eigenvalue weighted by Crippen LogP contribution is -2.46. The smallest absolute Gasteiger partial charge is 0.152 e. The second kappa shape index (κ2) is 6.25. The van der Waals surface area contributed by atoms with Gasteiger partial charge in [0.15, 0.2) is 9.84 Å². The van der Waals surface area contributed by atoms with Crippen molar-refractivity contribution >= 4 is 34.7 Å². The number of halogens is 2. The van der Waals surface area contributed by atoms with Gasteiger partial charge in [0.25, 0.3) is 0 Å². The highest BCUT2D eigenvalue weighted by atomic mass is 35.5. The molecule has 0 unspecified atom stereocenters. The Morgan fingerprint density at radius 2 is 1.73 bits per heavy atom. The molecule has 15 heavy (non-hydrogen) atoms. The predicted molar refractivity (Wildman–Crippen MR) is 66.0 cm³/mol. The van der Waals surface area contributed by atoms with E-state index in [9.17, 15) is 8.42 Å². The SMILES string of the molecule is Cl.Cl.O=S1(=O)CCN([C@@H]2CCNC2)CC1. The van der Waals surface area contributed by atoms with Gasteiger partial charge in [-0.3, -0.25) is 4.90 Å². The van der Waals surface area contributed by atoms with Crippen LogP contribution in [-0.2, 0) is 9.84 Å². The van der Waals surface area contributed by atoms with E-state index < -0.39 is 9.84 Å². The molecule has 1 N–H and O–H groups in total. The Morgan fingerprint density at radius 1 is 1.13 bits per heavy atom. The summed E-state index contributed by atoms with van der Waals surface area (Å²) in [4.78, 5) is 2.31. The molecule has 0 amide bonds. The molecular weight excluding hydrogens is 259 g/mol. The van der Waals surface area contributed by atoms with Gasteiger partial charge in [0, 0.05) is 25.7 Å². The van der Waals surface area contributed by atoms with Crippen molar-refractivity contribution in [2.45, 2.75) is 12.5 Å². The summed E-state index contributed by atoms with van der Waals surface area (Å²) in [6, 6.07) is 0.579. The Labute approximate surface area is 104 Å². The van der Waals surface area contributed by atoms with E-state index in [-0.39, 0.29) is 24.8 Å². The molecule has 7 heteroatoms. The van der Waals surface area contributed by atoms with Crippen LogP contribution < -0.4 is 5.32 Å². The van der Waals surface area contributed by atoms with Crippen molar-refractivity contribution in [1.29, 1.82) is 0 Å². The first-order chi connectivity index (χ1) is 6.17. The van der Waals surface area contributed by atoms with Gasteiger partial charge in [0.2, 0.25) is 0 Å². The van der Waals surface area contributed by atoms with E-state index in [0.717, 1.165) is 26.2 Å². The summed E-state index contributed by atoms with van der Waals surface area (Å²) >= 11 is 0. The molecule has 1 atom stereocenters. The molecule has 2 rings (SSSR count).